The summed E-state index contributed by atoms with van der Waals surface area (Å²) in [6.45, 7) is 2.19. The minimum Gasteiger partial charge on any atom is -0.469 e. The van der Waals surface area contributed by atoms with Crippen LogP contribution in [0.25, 0.3) is 0 Å². The summed E-state index contributed by atoms with van der Waals surface area (Å²) in [6.07, 6.45) is 2.78. The molecule has 0 heterocycles. The lowest BCUT2D eigenvalue weighted by Gasteiger charge is -2.23. The van der Waals surface area contributed by atoms with Gasteiger partial charge in [-0.25, -0.2) is 0 Å². The predicted octanol–water partition coefficient (Wildman–Crippen LogP) is 0.877. The molecule has 0 aromatic carbocycles. The van der Waals surface area contributed by atoms with Crippen LogP contribution in [0.1, 0.15) is 13.3 Å². The molecule has 0 spiro atoms. The molecule has 1 unspecified atom stereocenters. The zero-order valence-corrected chi connectivity index (χ0v) is 8.74. The third-order valence-electron chi connectivity index (χ3n) is 1.99. The molecule has 12 heavy (non-hydrogen) atoms. The summed E-state index contributed by atoms with van der Waals surface area (Å²) in [5.41, 5.74) is 5.01. The molecule has 0 aliphatic rings. The van der Waals surface area contributed by atoms with E-state index in [1.165, 1.54) is 7.11 Å². The fraction of sp³-hybridized carbons (Fsp3) is 0.875. The molecule has 4 heteroatoms. The standard InChI is InChI=1S/C8H17NO2S/c1-8(6-9,4-5-12-3)7(10)11-2/h4-6,9H2,1-3H3. The van der Waals surface area contributed by atoms with Gasteiger partial charge in [0.25, 0.3) is 0 Å². The van der Waals surface area contributed by atoms with E-state index < -0.39 is 5.41 Å². The Balaban J connectivity index is 4.13. The van der Waals surface area contributed by atoms with Crippen molar-refractivity contribution >= 4 is 17.7 Å². The van der Waals surface area contributed by atoms with Crippen LogP contribution in [0.3, 0.4) is 0 Å². The first kappa shape index (κ1) is 11.8. The minimum atomic E-state index is -0.502. The molecule has 0 aliphatic heterocycles. The van der Waals surface area contributed by atoms with Gasteiger partial charge < -0.3 is 10.5 Å². The lowest BCUT2D eigenvalue weighted by Crippen LogP contribution is -2.37. The molecule has 72 valence electrons. The van der Waals surface area contributed by atoms with Crippen LogP contribution in [0.2, 0.25) is 0 Å². The van der Waals surface area contributed by atoms with E-state index in [9.17, 15) is 4.79 Å². The van der Waals surface area contributed by atoms with Crippen molar-refractivity contribution in [2.45, 2.75) is 13.3 Å². The number of hydrogen-bond donors (Lipinski definition) is 1. The van der Waals surface area contributed by atoms with Crippen LogP contribution < -0.4 is 5.73 Å². The van der Waals surface area contributed by atoms with Crippen LogP contribution in [0.15, 0.2) is 0 Å². The predicted molar refractivity (Wildman–Crippen MR) is 52.2 cm³/mol. The molecule has 0 rings (SSSR count). The van der Waals surface area contributed by atoms with Gasteiger partial charge >= 0.3 is 5.97 Å². The maximum absolute atomic E-state index is 11.3. The molecule has 0 aliphatic carbocycles. The Hall–Kier alpha value is -0.220. The molecule has 1 atom stereocenters. The van der Waals surface area contributed by atoms with Crippen LogP contribution >= 0.6 is 11.8 Å². The van der Waals surface area contributed by atoms with E-state index in [1.807, 2.05) is 13.2 Å². The Morgan fingerprint density at radius 1 is 1.67 bits per heavy atom. The minimum absolute atomic E-state index is 0.209. The summed E-state index contributed by atoms with van der Waals surface area (Å²) in [4.78, 5) is 11.3. The number of rotatable bonds is 5. The second-order valence-corrected chi connectivity index (χ2v) is 3.98. The summed E-state index contributed by atoms with van der Waals surface area (Å²) in [5, 5.41) is 0. The molecule has 2 N–H and O–H groups in total. The van der Waals surface area contributed by atoms with E-state index >= 15 is 0 Å². The Morgan fingerprint density at radius 2 is 2.25 bits per heavy atom. The van der Waals surface area contributed by atoms with Crippen molar-refractivity contribution in [3.63, 3.8) is 0 Å². The van der Waals surface area contributed by atoms with Crippen LogP contribution in [-0.2, 0) is 9.53 Å². The number of nitrogens with two attached hydrogens (primary N) is 1. The molecule has 0 saturated heterocycles. The van der Waals surface area contributed by atoms with Gasteiger partial charge in [0.1, 0.15) is 0 Å². The molecule has 0 bridgehead atoms. The molecule has 0 aromatic heterocycles. The van der Waals surface area contributed by atoms with E-state index in [0.717, 1.165) is 12.2 Å². The number of carbonyl (C=O) groups excluding carboxylic acids is 1. The first-order chi connectivity index (χ1) is 5.60. The van der Waals surface area contributed by atoms with Gasteiger partial charge in [0.2, 0.25) is 0 Å². The van der Waals surface area contributed by atoms with E-state index in [0.29, 0.717) is 6.54 Å². The van der Waals surface area contributed by atoms with Gasteiger partial charge in [0.15, 0.2) is 0 Å². The molecule has 0 aromatic rings. The van der Waals surface area contributed by atoms with E-state index in [1.54, 1.807) is 11.8 Å². The highest BCUT2D eigenvalue weighted by atomic mass is 32.2. The smallest absolute Gasteiger partial charge is 0.312 e. The van der Waals surface area contributed by atoms with Gasteiger partial charge in [-0.3, -0.25) is 4.79 Å². The zero-order chi connectivity index (χ0) is 9.61. The lowest BCUT2D eigenvalue weighted by atomic mass is 9.88. The number of thioether (sulfide) groups is 1. The van der Waals surface area contributed by atoms with Crippen molar-refractivity contribution in [3.05, 3.63) is 0 Å². The number of ether oxygens (including phenoxy) is 1. The SMILES string of the molecule is COC(=O)C(C)(CN)CCSC. The van der Waals surface area contributed by atoms with Gasteiger partial charge in [-0.2, -0.15) is 11.8 Å². The largest absolute Gasteiger partial charge is 0.469 e. The van der Waals surface area contributed by atoms with Crippen molar-refractivity contribution in [1.82, 2.24) is 0 Å². The highest BCUT2D eigenvalue weighted by molar-refractivity contribution is 7.98. The maximum Gasteiger partial charge on any atom is 0.312 e. The first-order valence-electron chi connectivity index (χ1n) is 3.88. The number of hydrogen-bond acceptors (Lipinski definition) is 4. The average Bonchev–Trinajstić information content (AvgIpc) is 2.12. The van der Waals surface area contributed by atoms with Crippen LogP contribution in [0, 0.1) is 5.41 Å². The Morgan fingerprint density at radius 3 is 2.58 bits per heavy atom. The van der Waals surface area contributed by atoms with Crippen molar-refractivity contribution < 1.29 is 9.53 Å². The normalized spacial score (nSPS) is 15.3. The molecule has 3 nitrogen and oxygen atoms in total. The number of methoxy groups -OCH3 is 1. The van der Waals surface area contributed by atoms with Gasteiger partial charge in [-0.05, 0) is 25.4 Å². The quantitative estimate of drug-likeness (QED) is 0.655. The van der Waals surface area contributed by atoms with E-state index in [-0.39, 0.29) is 5.97 Å². The van der Waals surface area contributed by atoms with Gasteiger partial charge in [0, 0.05) is 6.54 Å². The third kappa shape index (κ3) is 3.03. The highest BCUT2D eigenvalue weighted by Gasteiger charge is 2.31. The number of esters is 1. The lowest BCUT2D eigenvalue weighted by molar-refractivity contribution is -0.151. The summed E-state index contributed by atoms with van der Waals surface area (Å²) in [6, 6.07) is 0. The topological polar surface area (TPSA) is 52.3 Å². The fourth-order valence-electron chi connectivity index (χ4n) is 0.861. The second-order valence-electron chi connectivity index (χ2n) is 3.00. The Bertz CT molecular complexity index is 152. The van der Waals surface area contributed by atoms with Crippen LogP contribution in [0.4, 0.5) is 0 Å². The molecule has 0 fully saturated rings. The van der Waals surface area contributed by atoms with Crippen LogP contribution in [-0.4, -0.2) is 31.6 Å². The van der Waals surface area contributed by atoms with Crippen molar-refractivity contribution in [2.24, 2.45) is 11.1 Å². The highest BCUT2D eigenvalue weighted by Crippen LogP contribution is 2.23. The molecule has 0 amide bonds. The fourth-order valence-corrected chi connectivity index (χ4v) is 1.52. The van der Waals surface area contributed by atoms with Crippen molar-refractivity contribution in [2.75, 3.05) is 25.7 Å². The van der Waals surface area contributed by atoms with Crippen LogP contribution in [0.5, 0.6) is 0 Å². The van der Waals surface area contributed by atoms with Gasteiger partial charge in [0.05, 0.1) is 12.5 Å². The maximum atomic E-state index is 11.3. The van der Waals surface area contributed by atoms with E-state index in [4.69, 9.17) is 5.73 Å². The van der Waals surface area contributed by atoms with Crippen molar-refractivity contribution in [1.29, 1.82) is 0 Å². The molecular formula is C8H17NO2S. The molecular weight excluding hydrogens is 174 g/mol. The van der Waals surface area contributed by atoms with Gasteiger partial charge in [-0.1, -0.05) is 0 Å². The second kappa shape index (κ2) is 5.43. The summed E-state index contributed by atoms with van der Waals surface area (Å²) in [7, 11) is 1.40. The summed E-state index contributed by atoms with van der Waals surface area (Å²) < 4.78 is 4.68. The average molecular weight is 191 g/mol. The first-order valence-corrected chi connectivity index (χ1v) is 5.27. The summed E-state index contributed by atoms with van der Waals surface area (Å²) >= 11 is 1.71. The van der Waals surface area contributed by atoms with Gasteiger partial charge in [-0.15, -0.1) is 0 Å². The molecule has 0 saturated carbocycles. The zero-order valence-electron chi connectivity index (χ0n) is 7.92. The number of carbonyl (C=O) groups is 1. The molecule has 0 radical (unpaired) electrons. The monoisotopic (exact) mass is 191 g/mol. The third-order valence-corrected chi connectivity index (χ3v) is 2.60. The summed E-state index contributed by atoms with van der Waals surface area (Å²) in [5.74, 6) is 0.724. The Kier molecular flexibility index (Phi) is 5.33. The van der Waals surface area contributed by atoms with E-state index in [2.05, 4.69) is 4.74 Å². The Labute approximate surface area is 78.0 Å². The van der Waals surface area contributed by atoms with Crippen molar-refractivity contribution in [3.8, 4) is 0 Å².